The second-order valence-corrected chi connectivity index (χ2v) is 5.73. The highest BCUT2D eigenvalue weighted by Crippen LogP contribution is 2.23. The summed E-state index contributed by atoms with van der Waals surface area (Å²) in [6.07, 6.45) is 3.77. The molecule has 0 aromatic heterocycles. The van der Waals surface area contributed by atoms with Crippen molar-refractivity contribution < 1.29 is 14.3 Å². The minimum atomic E-state index is -0.144. The van der Waals surface area contributed by atoms with Crippen molar-refractivity contribution in [3.63, 3.8) is 0 Å². The number of rotatable bonds is 11. The minimum absolute atomic E-state index is 0.134. The van der Waals surface area contributed by atoms with Crippen molar-refractivity contribution >= 4 is 17.3 Å². The molecule has 2 rings (SSSR count). The Morgan fingerprint density at radius 1 is 1.15 bits per heavy atom. The molecule has 0 heterocycles. The highest BCUT2D eigenvalue weighted by Gasteiger charge is 2.06. The maximum atomic E-state index is 12.2. The number of amides is 1. The molecule has 0 spiro atoms. The van der Waals surface area contributed by atoms with Crippen LogP contribution in [0.4, 0.5) is 11.4 Å². The van der Waals surface area contributed by atoms with Gasteiger partial charge in [0.05, 0.1) is 18.8 Å². The van der Waals surface area contributed by atoms with Gasteiger partial charge in [0, 0.05) is 11.8 Å². The molecule has 0 aliphatic heterocycles. The third-order valence-electron chi connectivity index (χ3n) is 3.57. The zero-order valence-corrected chi connectivity index (χ0v) is 15.2. The molecule has 0 atom stereocenters. The van der Waals surface area contributed by atoms with Crippen LogP contribution < -0.4 is 20.1 Å². The van der Waals surface area contributed by atoms with Gasteiger partial charge in [-0.1, -0.05) is 44.2 Å². The maximum absolute atomic E-state index is 12.2. The van der Waals surface area contributed by atoms with Gasteiger partial charge in [0.2, 0.25) is 5.91 Å². The van der Waals surface area contributed by atoms with Gasteiger partial charge < -0.3 is 20.1 Å². The van der Waals surface area contributed by atoms with Gasteiger partial charge in [-0.15, -0.1) is 0 Å². The SMILES string of the molecule is C=CCOc1ccccc1NCC(=O)Nc1cccc(OCCCC)c1. The highest BCUT2D eigenvalue weighted by atomic mass is 16.5. The summed E-state index contributed by atoms with van der Waals surface area (Å²) in [7, 11) is 0. The number of ether oxygens (including phenoxy) is 2. The van der Waals surface area contributed by atoms with Crippen molar-refractivity contribution in [1.82, 2.24) is 0 Å². The van der Waals surface area contributed by atoms with Gasteiger partial charge >= 0.3 is 0 Å². The molecular formula is C21H26N2O3. The number of carbonyl (C=O) groups is 1. The Morgan fingerprint density at radius 2 is 2.00 bits per heavy atom. The predicted molar refractivity (Wildman–Crippen MR) is 106 cm³/mol. The van der Waals surface area contributed by atoms with E-state index in [1.807, 2.05) is 48.5 Å². The summed E-state index contributed by atoms with van der Waals surface area (Å²) < 4.78 is 11.2. The van der Waals surface area contributed by atoms with Crippen molar-refractivity contribution in [3.05, 3.63) is 61.2 Å². The lowest BCUT2D eigenvalue weighted by Gasteiger charge is -2.13. The molecule has 0 saturated carbocycles. The Morgan fingerprint density at radius 3 is 2.81 bits per heavy atom. The lowest BCUT2D eigenvalue weighted by molar-refractivity contribution is -0.114. The Hall–Kier alpha value is -2.95. The lowest BCUT2D eigenvalue weighted by Crippen LogP contribution is -2.22. The third kappa shape index (κ3) is 6.51. The van der Waals surface area contributed by atoms with Crippen LogP contribution >= 0.6 is 0 Å². The van der Waals surface area contributed by atoms with E-state index in [2.05, 4.69) is 24.1 Å². The molecule has 5 nitrogen and oxygen atoms in total. The van der Waals surface area contributed by atoms with Gasteiger partial charge in [-0.3, -0.25) is 4.79 Å². The molecule has 5 heteroatoms. The van der Waals surface area contributed by atoms with Crippen LogP contribution in [0.5, 0.6) is 11.5 Å². The van der Waals surface area contributed by atoms with E-state index < -0.39 is 0 Å². The first-order chi connectivity index (χ1) is 12.7. The molecule has 26 heavy (non-hydrogen) atoms. The molecule has 1 amide bonds. The zero-order valence-electron chi connectivity index (χ0n) is 15.2. The summed E-state index contributed by atoms with van der Waals surface area (Å²) in [6.45, 7) is 6.98. The highest BCUT2D eigenvalue weighted by molar-refractivity contribution is 5.94. The fourth-order valence-corrected chi connectivity index (χ4v) is 2.27. The average Bonchev–Trinajstić information content (AvgIpc) is 2.66. The van der Waals surface area contributed by atoms with Crippen molar-refractivity contribution in [2.75, 3.05) is 30.4 Å². The van der Waals surface area contributed by atoms with E-state index in [0.717, 1.165) is 24.3 Å². The number of benzene rings is 2. The van der Waals surface area contributed by atoms with Crippen LogP contribution in [0.2, 0.25) is 0 Å². The van der Waals surface area contributed by atoms with E-state index in [1.54, 1.807) is 6.08 Å². The average molecular weight is 354 g/mol. The summed E-state index contributed by atoms with van der Waals surface area (Å²) in [6, 6.07) is 14.9. The molecule has 0 saturated heterocycles. The van der Waals surface area contributed by atoms with E-state index >= 15 is 0 Å². The predicted octanol–water partition coefficient (Wildman–Crippen LogP) is 4.48. The molecule has 2 N–H and O–H groups in total. The minimum Gasteiger partial charge on any atom is -0.494 e. The Bertz CT molecular complexity index is 716. The standard InChI is InChI=1S/C21H26N2O3/c1-3-5-14-25-18-10-8-9-17(15-18)23-21(24)16-22-19-11-6-7-12-20(19)26-13-4-2/h4,6-12,15,22H,2-3,5,13-14,16H2,1H3,(H,23,24). The van der Waals surface area contributed by atoms with Gasteiger partial charge in [0.25, 0.3) is 0 Å². The fraction of sp³-hybridized carbons (Fsp3) is 0.286. The van der Waals surface area contributed by atoms with Gasteiger partial charge in [-0.05, 0) is 30.7 Å². The van der Waals surface area contributed by atoms with E-state index in [4.69, 9.17) is 9.47 Å². The number of hydrogen-bond acceptors (Lipinski definition) is 4. The summed E-state index contributed by atoms with van der Waals surface area (Å²) in [5.74, 6) is 1.30. The Balaban J connectivity index is 1.87. The van der Waals surface area contributed by atoms with Crippen molar-refractivity contribution in [2.45, 2.75) is 19.8 Å². The van der Waals surface area contributed by atoms with Gasteiger partial charge in [0.15, 0.2) is 0 Å². The van der Waals surface area contributed by atoms with Crippen LogP contribution in [0.3, 0.4) is 0 Å². The molecule has 0 fully saturated rings. The Labute approximate surface area is 155 Å². The normalized spacial score (nSPS) is 10.0. The van der Waals surface area contributed by atoms with Gasteiger partial charge in [-0.25, -0.2) is 0 Å². The summed E-state index contributed by atoms with van der Waals surface area (Å²) in [5, 5.41) is 5.96. The molecule has 2 aromatic carbocycles. The smallest absolute Gasteiger partial charge is 0.243 e. The summed E-state index contributed by atoms with van der Waals surface area (Å²) >= 11 is 0. The van der Waals surface area contributed by atoms with Crippen LogP contribution in [0.1, 0.15) is 19.8 Å². The van der Waals surface area contributed by atoms with Crippen LogP contribution in [0.15, 0.2) is 61.2 Å². The quantitative estimate of drug-likeness (QED) is 0.461. The summed E-state index contributed by atoms with van der Waals surface area (Å²) in [4.78, 5) is 12.2. The largest absolute Gasteiger partial charge is 0.494 e. The van der Waals surface area contributed by atoms with Crippen LogP contribution in [0, 0.1) is 0 Å². The summed E-state index contributed by atoms with van der Waals surface area (Å²) in [5.41, 5.74) is 1.48. The lowest BCUT2D eigenvalue weighted by atomic mass is 10.2. The third-order valence-corrected chi connectivity index (χ3v) is 3.57. The van der Waals surface area contributed by atoms with Crippen LogP contribution in [-0.4, -0.2) is 25.7 Å². The Kier molecular flexibility index (Phi) is 8.06. The molecular weight excluding hydrogens is 328 g/mol. The van der Waals surface area contributed by atoms with Crippen LogP contribution in [-0.2, 0) is 4.79 Å². The topological polar surface area (TPSA) is 59.6 Å². The van der Waals surface area contributed by atoms with Crippen molar-refractivity contribution in [1.29, 1.82) is 0 Å². The number of hydrogen-bond donors (Lipinski definition) is 2. The fourth-order valence-electron chi connectivity index (χ4n) is 2.27. The molecule has 0 aliphatic carbocycles. The molecule has 0 aliphatic rings. The second kappa shape index (κ2) is 10.8. The number of para-hydroxylation sites is 2. The van der Waals surface area contributed by atoms with Gasteiger partial charge in [-0.2, -0.15) is 0 Å². The van der Waals surface area contributed by atoms with E-state index in [0.29, 0.717) is 24.7 Å². The molecule has 0 bridgehead atoms. The molecule has 0 unspecified atom stereocenters. The first-order valence-electron chi connectivity index (χ1n) is 8.82. The van der Waals surface area contributed by atoms with Crippen molar-refractivity contribution in [2.24, 2.45) is 0 Å². The number of nitrogens with one attached hydrogen (secondary N) is 2. The zero-order chi connectivity index (χ0) is 18.6. The molecule has 2 aromatic rings. The second-order valence-electron chi connectivity index (χ2n) is 5.73. The van der Waals surface area contributed by atoms with Gasteiger partial charge in [0.1, 0.15) is 18.1 Å². The molecule has 0 radical (unpaired) electrons. The number of unbranched alkanes of at least 4 members (excludes halogenated alkanes) is 1. The first kappa shape index (κ1) is 19.4. The maximum Gasteiger partial charge on any atom is 0.243 e. The van der Waals surface area contributed by atoms with E-state index in [1.165, 1.54) is 0 Å². The number of anilines is 2. The number of carbonyl (C=O) groups excluding carboxylic acids is 1. The molecule has 138 valence electrons. The van der Waals surface area contributed by atoms with Crippen LogP contribution in [0.25, 0.3) is 0 Å². The van der Waals surface area contributed by atoms with E-state index in [9.17, 15) is 4.79 Å². The van der Waals surface area contributed by atoms with Crippen molar-refractivity contribution in [3.8, 4) is 11.5 Å². The monoisotopic (exact) mass is 354 g/mol. The van der Waals surface area contributed by atoms with E-state index in [-0.39, 0.29) is 12.5 Å². The first-order valence-corrected chi connectivity index (χ1v) is 8.82.